The molecule has 0 N–H and O–H groups in total. The van der Waals surface area contributed by atoms with Crippen LogP contribution in [-0.2, 0) is 0 Å². The number of hydrogen-bond acceptors (Lipinski definition) is 2. The summed E-state index contributed by atoms with van der Waals surface area (Å²) in [4.78, 5) is 0. The van der Waals surface area contributed by atoms with Crippen LogP contribution in [0.15, 0.2) is 121 Å². The predicted octanol–water partition coefficient (Wildman–Crippen LogP) is 5.58. The Kier molecular flexibility index (Phi) is 3.72. The molecule has 2 aliphatic rings. The number of rotatable bonds is 1. The third kappa shape index (κ3) is 2.38. The second-order valence-electron chi connectivity index (χ2n) is 9.28. The molecule has 6 aromatic carbocycles. The standard InChI is InChI=1S/C32H20O2Si/c1-2-12-23(13-3-1)35-28-17-9-8-16-26(28)33-27-20-22-11-5-7-15-25(22)31(32(27)35)34-30-24-14-6-4-10-21(24)18-19-29(30)35/h1-20H/q-1. The summed E-state index contributed by atoms with van der Waals surface area (Å²) < 4.78 is 13.6. The van der Waals surface area contributed by atoms with E-state index in [2.05, 4.69) is 121 Å². The van der Waals surface area contributed by atoms with E-state index >= 15 is 0 Å². The van der Waals surface area contributed by atoms with Crippen LogP contribution >= 0.6 is 0 Å². The van der Waals surface area contributed by atoms with E-state index in [1.165, 1.54) is 26.1 Å². The van der Waals surface area contributed by atoms with Crippen LogP contribution in [0, 0.1) is 0 Å². The lowest BCUT2D eigenvalue weighted by Crippen LogP contribution is -2.77. The van der Waals surface area contributed by atoms with Gasteiger partial charge in [0.15, 0.2) is 0 Å². The molecule has 0 amide bonds. The van der Waals surface area contributed by atoms with Crippen molar-refractivity contribution in [1.29, 1.82) is 0 Å². The van der Waals surface area contributed by atoms with E-state index < -0.39 is 8.07 Å². The van der Waals surface area contributed by atoms with Crippen molar-refractivity contribution in [3.8, 4) is 23.0 Å². The van der Waals surface area contributed by atoms with Crippen LogP contribution < -0.4 is 30.2 Å². The van der Waals surface area contributed by atoms with Gasteiger partial charge in [-0.2, -0.15) is 5.19 Å². The van der Waals surface area contributed by atoms with E-state index in [0.29, 0.717) is 0 Å². The van der Waals surface area contributed by atoms with E-state index in [9.17, 15) is 0 Å². The highest BCUT2D eigenvalue weighted by Gasteiger charge is 2.43. The number of fused-ring (bicyclic) bond motifs is 8. The molecule has 8 rings (SSSR count). The van der Waals surface area contributed by atoms with E-state index in [1.807, 2.05) is 0 Å². The van der Waals surface area contributed by atoms with E-state index in [4.69, 9.17) is 9.47 Å². The predicted molar refractivity (Wildman–Crippen MR) is 145 cm³/mol. The van der Waals surface area contributed by atoms with Gasteiger partial charge in [0, 0.05) is 10.8 Å². The molecule has 0 radical (unpaired) electrons. The first-order chi connectivity index (χ1) is 17.4. The van der Waals surface area contributed by atoms with Crippen molar-refractivity contribution in [3.63, 3.8) is 0 Å². The van der Waals surface area contributed by atoms with Gasteiger partial charge in [0.2, 0.25) is 0 Å². The molecule has 165 valence electrons. The summed E-state index contributed by atoms with van der Waals surface area (Å²) in [7, 11) is -2.74. The van der Waals surface area contributed by atoms with Crippen LogP contribution in [0.3, 0.4) is 0 Å². The Hall–Kier alpha value is -4.34. The largest absolute Gasteiger partial charge is 0.463 e. The second kappa shape index (κ2) is 6.84. The molecule has 0 aliphatic carbocycles. The van der Waals surface area contributed by atoms with E-state index in [1.54, 1.807) is 0 Å². The van der Waals surface area contributed by atoms with Crippen LogP contribution in [0.5, 0.6) is 23.0 Å². The fraction of sp³-hybridized carbons (Fsp3) is 0. The van der Waals surface area contributed by atoms with Crippen LogP contribution in [0.4, 0.5) is 0 Å². The molecule has 3 heteroatoms. The molecule has 0 fully saturated rings. The minimum atomic E-state index is -2.74. The summed E-state index contributed by atoms with van der Waals surface area (Å²) in [5.41, 5.74) is 0. The molecule has 1 atom stereocenters. The third-order valence-corrected chi connectivity index (χ3v) is 12.4. The first kappa shape index (κ1) is 19.0. The van der Waals surface area contributed by atoms with Crippen LogP contribution in [0.2, 0.25) is 0 Å². The van der Waals surface area contributed by atoms with Gasteiger partial charge in [0.05, 0.1) is 5.75 Å². The van der Waals surface area contributed by atoms with Crippen LogP contribution in [0.1, 0.15) is 0 Å². The van der Waals surface area contributed by atoms with Gasteiger partial charge >= 0.3 is 0 Å². The summed E-state index contributed by atoms with van der Waals surface area (Å²) in [5.74, 6) is 3.77. The highest BCUT2D eigenvalue weighted by atomic mass is 28.3. The zero-order chi connectivity index (χ0) is 23.0. The molecule has 2 aliphatic heterocycles. The molecule has 6 aromatic rings. The molecule has 0 spiro atoms. The topological polar surface area (TPSA) is 18.5 Å². The van der Waals surface area contributed by atoms with Crippen molar-refractivity contribution in [2.75, 3.05) is 0 Å². The lowest BCUT2D eigenvalue weighted by molar-refractivity contribution is 0.470. The summed E-state index contributed by atoms with van der Waals surface area (Å²) in [6.07, 6.45) is 0. The fourth-order valence-corrected chi connectivity index (χ4v) is 11.3. The van der Waals surface area contributed by atoms with Gasteiger partial charge < -0.3 is 9.47 Å². The van der Waals surface area contributed by atoms with Gasteiger partial charge in [-0.25, -0.2) is 0 Å². The number of hydrogen-bond donors (Lipinski definition) is 0. The Labute approximate surface area is 204 Å². The van der Waals surface area contributed by atoms with Crippen LogP contribution in [-0.4, -0.2) is 8.07 Å². The molecule has 35 heavy (non-hydrogen) atoms. The molecular weight excluding hydrogens is 444 g/mol. The van der Waals surface area contributed by atoms with Gasteiger partial charge in [0.25, 0.3) is 0 Å². The Morgan fingerprint density at radius 1 is 0.457 bits per heavy atom. The third-order valence-electron chi connectivity index (χ3n) is 7.55. The highest BCUT2D eigenvalue weighted by Crippen LogP contribution is 2.44. The molecule has 0 saturated heterocycles. The van der Waals surface area contributed by atoms with E-state index in [0.717, 1.165) is 39.2 Å². The zero-order valence-electron chi connectivity index (χ0n) is 18.9. The first-order valence-corrected chi connectivity index (χ1v) is 13.9. The average Bonchev–Trinajstić information content (AvgIpc) is 2.93. The summed E-state index contributed by atoms with van der Waals surface area (Å²) in [6, 6.07) is 43.4. The SMILES string of the molecule is c1ccc([Si-]23c4ccccc4Oc4cc5ccccc5c(c42)Oc2c3ccc3ccccc23)cc1. The van der Waals surface area contributed by atoms with Crippen molar-refractivity contribution in [2.45, 2.75) is 0 Å². The van der Waals surface area contributed by atoms with Gasteiger partial charge in [-0.1, -0.05) is 114 Å². The summed E-state index contributed by atoms with van der Waals surface area (Å²) >= 11 is 0. The maximum absolute atomic E-state index is 6.97. The lowest BCUT2D eigenvalue weighted by Gasteiger charge is -2.54. The summed E-state index contributed by atoms with van der Waals surface area (Å²) in [5, 5.41) is 9.69. The maximum atomic E-state index is 6.97. The fourth-order valence-electron chi connectivity index (χ4n) is 6.12. The molecular formula is C32H20O2Si-. The Morgan fingerprint density at radius 3 is 2.00 bits per heavy atom. The monoisotopic (exact) mass is 464 g/mol. The molecule has 0 bridgehead atoms. The molecule has 0 aromatic heterocycles. The lowest BCUT2D eigenvalue weighted by atomic mass is 10.1. The van der Waals surface area contributed by atoms with Gasteiger partial charge in [-0.3, -0.25) is 0 Å². The van der Waals surface area contributed by atoms with Crippen molar-refractivity contribution < 1.29 is 9.47 Å². The number of para-hydroxylation sites is 1. The average molecular weight is 465 g/mol. The van der Waals surface area contributed by atoms with Gasteiger partial charge in [0.1, 0.15) is 17.2 Å². The maximum Gasteiger partial charge on any atom is 0.108 e. The molecule has 2 heterocycles. The molecule has 0 saturated carbocycles. The van der Waals surface area contributed by atoms with Crippen molar-refractivity contribution >= 4 is 50.4 Å². The first-order valence-electron chi connectivity index (χ1n) is 11.9. The molecule has 1 unspecified atom stereocenters. The van der Waals surface area contributed by atoms with Gasteiger partial charge in [-0.05, 0) is 31.0 Å². The van der Waals surface area contributed by atoms with Crippen LogP contribution in [0.25, 0.3) is 21.5 Å². The Bertz CT molecular complexity index is 1810. The highest BCUT2D eigenvalue weighted by molar-refractivity contribution is 7.22. The van der Waals surface area contributed by atoms with Crippen molar-refractivity contribution in [1.82, 2.24) is 0 Å². The normalized spacial score (nSPS) is 17.1. The summed E-state index contributed by atoms with van der Waals surface area (Å²) in [6.45, 7) is 0. The second-order valence-corrected chi connectivity index (χ2v) is 12.9. The smallest absolute Gasteiger partial charge is 0.108 e. The van der Waals surface area contributed by atoms with Gasteiger partial charge in [-0.15, -0.1) is 10.4 Å². The number of benzene rings is 6. The quantitative estimate of drug-likeness (QED) is 0.295. The minimum absolute atomic E-state index is 0.909. The molecule has 2 nitrogen and oxygen atoms in total. The van der Waals surface area contributed by atoms with Crippen molar-refractivity contribution in [2.24, 2.45) is 0 Å². The minimum Gasteiger partial charge on any atom is -0.463 e. The Morgan fingerprint density at radius 2 is 1.14 bits per heavy atom. The van der Waals surface area contributed by atoms with E-state index in [-0.39, 0.29) is 0 Å². The number of ether oxygens (including phenoxy) is 2. The Balaban J connectivity index is 1.65. The van der Waals surface area contributed by atoms with Crippen molar-refractivity contribution in [3.05, 3.63) is 121 Å². The zero-order valence-corrected chi connectivity index (χ0v) is 19.9.